The first-order chi connectivity index (χ1) is 10.1. The van der Waals surface area contributed by atoms with Gasteiger partial charge in [-0.3, -0.25) is 4.79 Å². The van der Waals surface area contributed by atoms with Crippen LogP contribution in [0.3, 0.4) is 0 Å². The van der Waals surface area contributed by atoms with Crippen LogP contribution in [0.1, 0.15) is 32.3 Å². The van der Waals surface area contributed by atoms with Crippen molar-refractivity contribution in [1.82, 2.24) is 10.2 Å². The van der Waals surface area contributed by atoms with Crippen LogP contribution in [-0.4, -0.2) is 36.5 Å². The van der Waals surface area contributed by atoms with Gasteiger partial charge in [-0.1, -0.05) is 38.0 Å². The molecule has 2 rings (SSSR count). The van der Waals surface area contributed by atoms with Crippen molar-refractivity contribution < 1.29 is 4.79 Å². The zero-order chi connectivity index (χ0) is 15.1. The van der Waals surface area contributed by atoms with Crippen LogP contribution in [0, 0.1) is 17.8 Å². The minimum Gasteiger partial charge on any atom is -0.330 e. The lowest BCUT2D eigenvalue weighted by molar-refractivity contribution is -0.125. The summed E-state index contributed by atoms with van der Waals surface area (Å²) in [5, 5.41) is 3.45. The van der Waals surface area contributed by atoms with Gasteiger partial charge < -0.3 is 10.2 Å². The first-order valence-corrected chi connectivity index (χ1v) is 7.74. The standard InChI is InChI=1S/C18H24N2O/c1-15(2)13-20(14-17-9-6-12-19-17)18(21)11-10-16-7-4-3-5-8-16/h3-5,7-8,15,17,19H,6,9,12-14H2,1-2H3. The Hall–Kier alpha value is -1.79. The van der Waals surface area contributed by atoms with Gasteiger partial charge >= 0.3 is 0 Å². The summed E-state index contributed by atoms with van der Waals surface area (Å²) in [6.45, 7) is 6.85. The molecule has 1 atom stereocenters. The fourth-order valence-electron chi connectivity index (χ4n) is 2.59. The average Bonchev–Trinajstić information content (AvgIpc) is 2.98. The molecule has 1 aromatic rings. The van der Waals surface area contributed by atoms with E-state index >= 15 is 0 Å². The lowest BCUT2D eigenvalue weighted by atomic mass is 10.1. The topological polar surface area (TPSA) is 32.3 Å². The Balaban J connectivity index is 2.01. The molecule has 21 heavy (non-hydrogen) atoms. The smallest absolute Gasteiger partial charge is 0.298 e. The highest BCUT2D eigenvalue weighted by Crippen LogP contribution is 2.09. The van der Waals surface area contributed by atoms with Crippen molar-refractivity contribution in [3.63, 3.8) is 0 Å². The minimum absolute atomic E-state index is 0.0683. The van der Waals surface area contributed by atoms with Crippen molar-refractivity contribution in [2.24, 2.45) is 5.92 Å². The zero-order valence-electron chi connectivity index (χ0n) is 12.9. The van der Waals surface area contributed by atoms with Crippen LogP contribution in [0.4, 0.5) is 0 Å². The molecular formula is C18H24N2O. The molecule has 0 aliphatic carbocycles. The Morgan fingerprint density at radius 1 is 1.38 bits per heavy atom. The normalized spacial score (nSPS) is 17.4. The van der Waals surface area contributed by atoms with E-state index in [1.807, 2.05) is 35.2 Å². The van der Waals surface area contributed by atoms with Gasteiger partial charge in [0.2, 0.25) is 0 Å². The highest BCUT2D eigenvalue weighted by Gasteiger charge is 2.21. The Kier molecular flexibility index (Phi) is 5.83. The zero-order valence-corrected chi connectivity index (χ0v) is 12.9. The van der Waals surface area contributed by atoms with Crippen molar-refractivity contribution in [2.45, 2.75) is 32.7 Å². The molecule has 1 unspecified atom stereocenters. The second kappa shape index (κ2) is 7.85. The number of nitrogens with one attached hydrogen (secondary N) is 1. The maximum absolute atomic E-state index is 12.4. The number of rotatable bonds is 4. The molecule has 0 bridgehead atoms. The van der Waals surface area contributed by atoms with Gasteiger partial charge in [0, 0.05) is 30.6 Å². The molecule has 0 spiro atoms. The van der Waals surface area contributed by atoms with Crippen molar-refractivity contribution in [3.05, 3.63) is 35.9 Å². The third kappa shape index (κ3) is 5.24. The summed E-state index contributed by atoms with van der Waals surface area (Å²) < 4.78 is 0. The molecule has 0 radical (unpaired) electrons. The van der Waals surface area contributed by atoms with E-state index in [4.69, 9.17) is 0 Å². The third-order valence-electron chi connectivity index (χ3n) is 3.56. The maximum atomic E-state index is 12.4. The van der Waals surface area contributed by atoms with Crippen LogP contribution in [-0.2, 0) is 4.79 Å². The molecular weight excluding hydrogens is 260 g/mol. The fraction of sp³-hybridized carbons (Fsp3) is 0.500. The summed E-state index contributed by atoms with van der Waals surface area (Å²) in [4.78, 5) is 14.3. The van der Waals surface area contributed by atoms with Gasteiger partial charge in [-0.2, -0.15) is 0 Å². The Labute approximate surface area is 127 Å². The second-order valence-corrected chi connectivity index (χ2v) is 6.01. The van der Waals surface area contributed by atoms with Crippen LogP contribution in [0.15, 0.2) is 30.3 Å². The highest BCUT2D eigenvalue weighted by atomic mass is 16.2. The van der Waals surface area contributed by atoms with Gasteiger partial charge in [0.25, 0.3) is 5.91 Å². The summed E-state index contributed by atoms with van der Waals surface area (Å²) >= 11 is 0. The summed E-state index contributed by atoms with van der Waals surface area (Å²) in [5.74, 6) is 6.13. The monoisotopic (exact) mass is 284 g/mol. The first kappa shape index (κ1) is 15.6. The number of carbonyl (C=O) groups is 1. The van der Waals surface area contributed by atoms with E-state index in [9.17, 15) is 4.79 Å². The van der Waals surface area contributed by atoms with E-state index in [0.717, 1.165) is 31.6 Å². The summed E-state index contributed by atoms with van der Waals surface area (Å²) in [6.07, 6.45) is 2.35. The lowest BCUT2D eigenvalue weighted by Gasteiger charge is -2.25. The number of carbonyl (C=O) groups excluding carboxylic acids is 1. The summed E-state index contributed by atoms with van der Waals surface area (Å²) in [6, 6.07) is 10.1. The van der Waals surface area contributed by atoms with Crippen molar-refractivity contribution in [2.75, 3.05) is 19.6 Å². The second-order valence-electron chi connectivity index (χ2n) is 6.01. The van der Waals surface area contributed by atoms with Crippen molar-refractivity contribution in [1.29, 1.82) is 0 Å². The van der Waals surface area contributed by atoms with Crippen LogP contribution in [0.5, 0.6) is 0 Å². The quantitative estimate of drug-likeness (QED) is 0.860. The third-order valence-corrected chi connectivity index (χ3v) is 3.56. The Morgan fingerprint density at radius 2 is 2.14 bits per heavy atom. The van der Waals surface area contributed by atoms with E-state index in [2.05, 4.69) is 31.0 Å². The lowest BCUT2D eigenvalue weighted by Crippen LogP contribution is -2.42. The van der Waals surface area contributed by atoms with E-state index < -0.39 is 0 Å². The van der Waals surface area contributed by atoms with E-state index in [1.54, 1.807) is 0 Å². The molecule has 1 aromatic carbocycles. The van der Waals surface area contributed by atoms with Gasteiger partial charge in [-0.15, -0.1) is 0 Å². The largest absolute Gasteiger partial charge is 0.330 e. The number of benzene rings is 1. The SMILES string of the molecule is CC(C)CN(CC1CCCN1)C(=O)C#Cc1ccccc1. The van der Waals surface area contributed by atoms with Gasteiger partial charge in [-0.25, -0.2) is 0 Å². The predicted molar refractivity (Wildman–Crippen MR) is 85.8 cm³/mol. The highest BCUT2D eigenvalue weighted by molar-refractivity contribution is 5.94. The molecule has 1 heterocycles. The summed E-state index contributed by atoms with van der Waals surface area (Å²) in [7, 11) is 0. The van der Waals surface area contributed by atoms with Crippen LogP contribution >= 0.6 is 0 Å². The fourth-order valence-corrected chi connectivity index (χ4v) is 2.59. The van der Waals surface area contributed by atoms with Gasteiger partial charge in [0.1, 0.15) is 0 Å². The molecule has 1 fully saturated rings. The number of nitrogens with zero attached hydrogens (tertiary/aromatic N) is 1. The molecule has 1 saturated heterocycles. The predicted octanol–water partition coefficient (Wildman–Crippen LogP) is 2.27. The molecule has 3 heteroatoms. The van der Waals surface area contributed by atoms with E-state index in [1.165, 1.54) is 6.42 Å². The number of hydrogen-bond donors (Lipinski definition) is 1. The maximum Gasteiger partial charge on any atom is 0.298 e. The van der Waals surface area contributed by atoms with Gasteiger partial charge in [-0.05, 0) is 37.4 Å². The van der Waals surface area contributed by atoms with Crippen LogP contribution in [0.2, 0.25) is 0 Å². The molecule has 3 nitrogen and oxygen atoms in total. The van der Waals surface area contributed by atoms with E-state index in [-0.39, 0.29) is 5.91 Å². The van der Waals surface area contributed by atoms with Gasteiger partial charge in [0.05, 0.1) is 0 Å². The molecule has 1 aliphatic heterocycles. The summed E-state index contributed by atoms with van der Waals surface area (Å²) in [5.41, 5.74) is 0.884. The molecule has 1 aliphatic rings. The molecule has 1 amide bonds. The Morgan fingerprint density at radius 3 is 2.76 bits per heavy atom. The average molecular weight is 284 g/mol. The van der Waals surface area contributed by atoms with Crippen LogP contribution in [0.25, 0.3) is 0 Å². The molecule has 112 valence electrons. The molecule has 0 aromatic heterocycles. The van der Waals surface area contributed by atoms with Crippen molar-refractivity contribution in [3.8, 4) is 11.8 Å². The molecule has 0 saturated carbocycles. The minimum atomic E-state index is -0.0683. The van der Waals surface area contributed by atoms with Gasteiger partial charge in [0.15, 0.2) is 0 Å². The molecule has 1 N–H and O–H groups in total. The van der Waals surface area contributed by atoms with Crippen molar-refractivity contribution >= 4 is 5.91 Å². The Bertz CT molecular complexity index is 507. The van der Waals surface area contributed by atoms with E-state index in [0.29, 0.717) is 12.0 Å². The van der Waals surface area contributed by atoms with Crippen LogP contribution < -0.4 is 5.32 Å². The number of hydrogen-bond acceptors (Lipinski definition) is 2. The first-order valence-electron chi connectivity index (χ1n) is 7.74. The number of amides is 1.